The van der Waals surface area contributed by atoms with Gasteiger partial charge in [-0.2, -0.15) is 9.59 Å². The molecule has 0 aliphatic carbocycles. The second kappa shape index (κ2) is 5.82. The predicted molar refractivity (Wildman–Crippen MR) is 40.0 cm³/mol. The molecule has 4 heteroatoms. The number of amides is 1. The summed E-state index contributed by atoms with van der Waals surface area (Å²) >= 11 is 0. The van der Waals surface area contributed by atoms with Gasteiger partial charge in [0.25, 0.3) is 0 Å². The van der Waals surface area contributed by atoms with Gasteiger partial charge >= 0.3 is 6.15 Å². The minimum atomic E-state index is -0.379. The molecule has 0 aliphatic heterocycles. The summed E-state index contributed by atoms with van der Waals surface area (Å²) < 4.78 is 0. The first kappa shape index (κ1) is 10.1. The fourth-order valence-corrected chi connectivity index (χ4v) is 0.602. The van der Waals surface area contributed by atoms with Crippen LogP contribution < -0.4 is 5.73 Å². The van der Waals surface area contributed by atoms with Crippen molar-refractivity contribution in [1.82, 2.24) is 0 Å². The van der Waals surface area contributed by atoms with E-state index >= 15 is 0 Å². The predicted octanol–water partition coefficient (Wildman–Crippen LogP) is 0.202. The SMILES string of the molecule is NC(=O)c1ccccc1.O=C=O. The zero-order valence-electron chi connectivity index (χ0n) is 6.19. The lowest BCUT2D eigenvalue weighted by molar-refractivity contribution is -0.191. The van der Waals surface area contributed by atoms with Gasteiger partial charge < -0.3 is 5.73 Å². The molecule has 0 saturated carbocycles. The quantitative estimate of drug-likeness (QED) is 0.645. The highest BCUT2D eigenvalue weighted by Crippen LogP contribution is 1.94. The van der Waals surface area contributed by atoms with Crippen molar-refractivity contribution in [2.45, 2.75) is 0 Å². The van der Waals surface area contributed by atoms with E-state index in [0.717, 1.165) is 0 Å². The van der Waals surface area contributed by atoms with Crippen LogP contribution >= 0.6 is 0 Å². The molecule has 0 radical (unpaired) electrons. The van der Waals surface area contributed by atoms with Crippen molar-refractivity contribution in [2.75, 3.05) is 0 Å². The van der Waals surface area contributed by atoms with Crippen LogP contribution in [0.15, 0.2) is 30.3 Å². The van der Waals surface area contributed by atoms with Crippen LogP contribution in [0.5, 0.6) is 0 Å². The minimum absolute atomic E-state index is 0.250. The van der Waals surface area contributed by atoms with Crippen molar-refractivity contribution in [3.63, 3.8) is 0 Å². The van der Waals surface area contributed by atoms with E-state index in [1.54, 1.807) is 24.3 Å². The maximum absolute atomic E-state index is 10.4. The molecule has 0 spiro atoms. The average Bonchev–Trinajstić information content (AvgIpc) is 2.07. The third-order valence-corrected chi connectivity index (χ3v) is 1.06. The Balaban J connectivity index is 0.000000354. The van der Waals surface area contributed by atoms with Gasteiger partial charge in [0.1, 0.15) is 0 Å². The van der Waals surface area contributed by atoms with E-state index < -0.39 is 0 Å². The number of rotatable bonds is 1. The third-order valence-electron chi connectivity index (χ3n) is 1.06. The molecule has 0 aromatic heterocycles. The third kappa shape index (κ3) is 3.98. The molecule has 1 aromatic rings. The molecule has 1 amide bonds. The zero-order valence-corrected chi connectivity index (χ0v) is 6.19. The maximum Gasteiger partial charge on any atom is 0.373 e. The minimum Gasteiger partial charge on any atom is -0.366 e. The summed E-state index contributed by atoms with van der Waals surface area (Å²) in [5.41, 5.74) is 5.53. The van der Waals surface area contributed by atoms with Crippen molar-refractivity contribution >= 4 is 12.1 Å². The van der Waals surface area contributed by atoms with Gasteiger partial charge in [0.05, 0.1) is 0 Å². The molecule has 1 aromatic carbocycles. The molecular formula is C8H7NO3. The lowest BCUT2D eigenvalue weighted by atomic mass is 10.2. The van der Waals surface area contributed by atoms with E-state index in [1.807, 2.05) is 6.07 Å². The van der Waals surface area contributed by atoms with Crippen LogP contribution in [0.25, 0.3) is 0 Å². The first-order chi connectivity index (χ1) is 5.72. The zero-order chi connectivity index (χ0) is 9.40. The van der Waals surface area contributed by atoms with Crippen molar-refractivity contribution < 1.29 is 14.4 Å². The highest BCUT2D eigenvalue weighted by molar-refractivity contribution is 5.92. The van der Waals surface area contributed by atoms with E-state index in [-0.39, 0.29) is 12.1 Å². The van der Waals surface area contributed by atoms with E-state index in [2.05, 4.69) is 0 Å². The lowest BCUT2D eigenvalue weighted by Gasteiger charge is -1.89. The van der Waals surface area contributed by atoms with Gasteiger partial charge in [-0.15, -0.1) is 0 Å². The van der Waals surface area contributed by atoms with Crippen LogP contribution in [0.2, 0.25) is 0 Å². The average molecular weight is 165 g/mol. The molecule has 0 bridgehead atoms. The standard InChI is InChI=1S/C7H7NO.CO2/c8-7(9)6-4-2-1-3-5-6;2-1-3/h1-5H,(H2,8,9);. The molecule has 0 unspecified atom stereocenters. The number of hydrogen-bond donors (Lipinski definition) is 1. The highest BCUT2D eigenvalue weighted by Gasteiger charge is 1.93. The number of primary amides is 1. The largest absolute Gasteiger partial charge is 0.373 e. The van der Waals surface area contributed by atoms with Crippen LogP contribution in [0.1, 0.15) is 10.4 Å². The molecule has 1 rings (SSSR count). The van der Waals surface area contributed by atoms with Crippen LogP contribution in [-0.2, 0) is 9.59 Å². The molecule has 2 N–H and O–H groups in total. The summed E-state index contributed by atoms with van der Waals surface area (Å²) in [6, 6.07) is 8.76. The normalized spacial score (nSPS) is 7.33. The summed E-state index contributed by atoms with van der Waals surface area (Å²) in [6.07, 6.45) is 0.250. The van der Waals surface area contributed by atoms with Crippen molar-refractivity contribution in [3.8, 4) is 0 Å². The van der Waals surface area contributed by atoms with Crippen molar-refractivity contribution in [2.24, 2.45) is 5.73 Å². The van der Waals surface area contributed by atoms with Gasteiger partial charge in [-0.1, -0.05) is 18.2 Å². The van der Waals surface area contributed by atoms with Gasteiger partial charge in [0, 0.05) is 5.56 Å². The Labute approximate surface area is 69.0 Å². The van der Waals surface area contributed by atoms with Gasteiger partial charge in [-0.3, -0.25) is 4.79 Å². The number of carbonyl (C=O) groups is 1. The monoisotopic (exact) mass is 165 g/mol. The Morgan fingerprint density at radius 1 is 1.17 bits per heavy atom. The molecule has 0 aliphatic rings. The fourth-order valence-electron chi connectivity index (χ4n) is 0.602. The Hall–Kier alpha value is -1.93. The van der Waals surface area contributed by atoms with Gasteiger partial charge in [0.15, 0.2) is 0 Å². The summed E-state index contributed by atoms with van der Waals surface area (Å²) in [5, 5.41) is 0. The van der Waals surface area contributed by atoms with Crippen molar-refractivity contribution in [1.29, 1.82) is 0 Å². The molecule has 0 heterocycles. The Kier molecular flexibility index (Phi) is 4.89. The van der Waals surface area contributed by atoms with Crippen LogP contribution in [-0.4, -0.2) is 12.1 Å². The molecule has 4 nitrogen and oxygen atoms in total. The summed E-state index contributed by atoms with van der Waals surface area (Å²) in [5.74, 6) is -0.379. The number of hydrogen-bond acceptors (Lipinski definition) is 3. The van der Waals surface area contributed by atoms with Crippen LogP contribution in [0, 0.1) is 0 Å². The highest BCUT2D eigenvalue weighted by atomic mass is 16.2. The second-order valence-electron chi connectivity index (χ2n) is 1.81. The summed E-state index contributed by atoms with van der Waals surface area (Å²) in [7, 11) is 0. The van der Waals surface area contributed by atoms with Crippen LogP contribution in [0.4, 0.5) is 0 Å². The Morgan fingerprint density at radius 3 is 1.83 bits per heavy atom. The molecule has 0 saturated heterocycles. The molecule has 62 valence electrons. The second-order valence-corrected chi connectivity index (χ2v) is 1.81. The smallest absolute Gasteiger partial charge is 0.366 e. The summed E-state index contributed by atoms with van der Waals surface area (Å²) in [4.78, 5) is 26.7. The maximum atomic E-state index is 10.4. The topological polar surface area (TPSA) is 77.2 Å². The van der Waals surface area contributed by atoms with Gasteiger partial charge in [-0.05, 0) is 12.1 Å². The molecule has 12 heavy (non-hydrogen) atoms. The first-order valence-electron chi connectivity index (χ1n) is 3.06. The van der Waals surface area contributed by atoms with Gasteiger partial charge in [-0.25, -0.2) is 0 Å². The first-order valence-corrected chi connectivity index (χ1v) is 3.06. The van der Waals surface area contributed by atoms with E-state index in [0.29, 0.717) is 5.56 Å². The fraction of sp³-hybridized carbons (Fsp3) is 0. The van der Waals surface area contributed by atoms with E-state index in [9.17, 15) is 4.79 Å². The van der Waals surface area contributed by atoms with E-state index in [1.165, 1.54) is 0 Å². The lowest BCUT2D eigenvalue weighted by Crippen LogP contribution is -2.09. The Morgan fingerprint density at radius 2 is 1.58 bits per heavy atom. The molecule has 0 atom stereocenters. The molecular weight excluding hydrogens is 158 g/mol. The molecule has 0 fully saturated rings. The number of carbonyl (C=O) groups excluding carboxylic acids is 3. The van der Waals surface area contributed by atoms with Crippen molar-refractivity contribution in [3.05, 3.63) is 35.9 Å². The Bertz CT molecular complexity index is 276. The van der Waals surface area contributed by atoms with Crippen LogP contribution in [0.3, 0.4) is 0 Å². The van der Waals surface area contributed by atoms with E-state index in [4.69, 9.17) is 15.3 Å². The van der Waals surface area contributed by atoms with Gasteiger partial charge in [0.2, 0.25) is 5.91 Å². The number of benzene rings is 1. The summed E-state index contributed by atoms with van der Waals surface area (Å²) in [6.45, 7) is 0. The number of nitrogens with two attached hydrogens (primary N) is 1.